The van der Waals surface area contributed by atoms with E-state index in [1.165, 1.54) is 44.5 Å². The number of ether oxygens (including phenoxy) is 1. The van der Waals surface area contributed by atoms with Gasteiger partial charge in [0, 0.05) is 12.7 Å². The summed E-state index contributed by atoms with van der Waals surface area (Å²) in [5.41, 5.74) is -0.785. The van der Waals surface area contributed by atoms with Crippen molar-refractivity contribution in [2.45, 2.75) is 6.18 Å². The van der Waals surface area contributed by atoms with Crippen LogP contribution in [0.5, 0.6) is 5.75 Å². The van der Waals surface area contributed by atoms with Gasteiger partial charge in [-0.15, -0.1) is 0 Å². The second-order valence-corrected chi connectivity index (χ2v) is 7.66. The number of hydrogen-bond donors (Lipinski definition) is 1. The van der Waals surface area contributed by atoms with Crippen molar-refractivity contribution in [2.75, 3.05) is 30.0 Å². The third-order valence-corrected chi connectivity index (χ3v) is 4.94. The summed E-state index contributed by atoms with van der Waals surface area (Å²) in [5, 5.41) is 2.36. The molecule has 0 atom stereocenters. The highest BCUT2D eigenvalue weighted by atomic mass is 32.2. The average molecular weight is 402 g/mol. The third kappa shape index (κ3) is 4.91. The molecule has 2 aromatic rings. The number of anilines is 2. The predicted octanol–water partition coefficient (Wildman–Crippen LogP) is 3.36. The maximum Gasteiger partial charge on any atom is 0.416 e. The van der Waals surface area contributed by atoms with Crippen molar-refractivity contribution >= 4 is 27.3 Å². The van der Waals surface area contributed by atoms with Crippen molar-refractivity contribution in [2.24, 2.45) is 0 Å². The molecule has 146 valence electrons. The molecule has 6 nitrogen and oxygen atoms in total. The van der Waals surface area contributed by atoms with E-state index in [2.05, 4.69) is 5.32 Å². The molecule has 0 spiro atoms. The van der Waals surface area contributed by atoms with E-state index in [1.807, 2.05) is 0 Å². The average Bonchev–Trinajstić information content (AvgIpc) is 2.59. The Morgan fingerprint density at radius 3 is 2.37 bits per heavy atom. The first-order valence-corrected chi connectivity index (χ1v) is 9.39. The number of benzene rings is 2. The molecule has 1 amide bonds. The summed E-state index contributed by atoms with van der Waals surface area (Å²) in [6, 6.07) is 8.30. The molecule has 10 heteroatoms. The van der Waals surface area contributed by atoms with Crippen molar-refractivity contribution in [3.05, 3.63) is 53.6 Å². The van der Waals surface area contributed by atoms with E-state index in [0.717, 1.165) is 22.7 Å². The summed E-state index contributed by atoms with van der Waals surface area (Å²) in [4.78, 5) is 12.5. The van der Waals surface area contributed by atoms with Crippen LogP contribution in [0.2, 0.25) is 0 Å². The van der Waals surface area contributed by atoms with Crippen molar-refractivity contribution < 1.29 is 31.1 Å². The minimum atomic E-state index is -4.55. The van der Waals surface area contributed by atoms with Gasteiger partial charge in [0.25, 0.3) is 5.91 Å². The molecular formula is C17H17F3N2O4S. The Balaban J connectivity index is 2.38. The quantitative estimate of drug-likeness (QED) is 0.832. The van der Waals surface area contributed by atoms with Crippen LogP contribution in [0, 0.1) is 0 Å². The summed E-state index contributed by atoms with van der Waals surface area (Å²) in [6.07, 6.45) is -3.55. The Kier molecular flexibility index (Phi) is 5.69. The Labute approximate surface area is 154 Å². The van der Waals surface area contributed by atoms with Gasteiger partial charge in [-0.2, -0.15) is 13.2 Å². The number of hydrogen-bond acceptors (Lipinski definition) is 4. The van der Waals surface area contributed by atoms with Gasteiger partial charge < -0.3 is 10.1 Å². The highest BCUT2D eigenvalue weighted by Crippen LogP contribution is 2.31. The second kappa shape index (κ2) is 7.47. The molecule has 2 aromatic carbocycles. The Morgan fingerprint density at radius 1 is 1.15 bits per heavy atom. The molecule has 0 radical (unpaired) electrons. The molecule has 0 unspecified atom stereocenters. The number of rotatable bonds is 5. The Bertz CT molecular complexity index is 959. The van der Waals surface area contributed by atoms with Crippen LogP contribution < -0.4 is 14.4 Å². The van der Waals surface area contributed by atoms with Crippen LogP contribution >= 0.6 is 0 Å². The van der Waals surface area contributed by atoms with E-state index in [0.29, 0.717) is 0 Å². The minimum absolute atomic E-state index is 0.0251. The van der Waals surface area contributed by atoms with E-state index in [4.69, 9.17) is 4.74 Å². The number of alkyl halides is 3. The summed E-state index contributed by atoms with van der Waals surface area (Å²) in [6.45, 7) is 0. The van der Waals surface area contributed by atoms with Crippen molar-refractivity contribution in [3.63, 3.8) is 0 Å². The molecule has 1 N–H and O–H groups in total. The lowest BCUT2D eigenvalue weighted by molar-refractivity contribution is -0.137. The number of amides is 1. The lowest BCUT2D eigenvalue weighted by Crippen LogP contribution is -2.25. The highest BCUT2D eigenvalue weighted by molar-refractivity contribution is 7.92. The molecule has 0 bridgehead atoms. The zero-order chi connectivity index (χ0) is 20.4. The number of halogens is 3. The lowest BCUT2D eigenvalue weighted by Gasteiger charge is -2.18. The fraction of sp³-hybridized carbons (Fsp3) is 0.235. The molecule has 2 rings (SSSR count). The van der Waals surface area contributed by atoms with Gasteiger partial charge in [-0.1, -0.05) is 6.07 Å². The first-order valence-electron chi connectivity index (χ1n) is 7.54. The summed E-state index contributed by atoms with van der Waals surface area (Å²) < 4.78 is 67.8. The Morgan fingerprint density at radius 2 is 1.81 bits per heavy atom. The number of methoxy groups -OCH3 is 1. The van der Waals surface area contributed by atoms with Gasteiger partial charge >= 0.3 is 6.18 Å². The molecular weight excluding hydrogens is 385 g/mol. The van der Waals surface area contributed by atoms with E-state index >= 15 is 0 Å². The molecule has 0 aliphatic heterocycles. The monoisotopic (exact) mass is 402 g/mol. The van der Waals surface area contributed by atoms with Gasteiger partial charge in [0.05, 0.1) is 30.2 Å². The third-order valence-electron chi connectivity index (χ3n) is 3.74. The first-order chi connectivity index (χ1) is 12.4. The van der Waals surface area contributed by atoms with Gasteiger partial charge in [-0.3, -0.25) is 9.10 Å². The number of carbonyl (C=O) groups is 1. The zero-order valence-corrected chi connectivity index (χ0v) is 15.5. The Hall–Kier alpha value is -2.75. The molecule has 0 aromatic heterocycles. The van der Waals surface area contributed by atoms with Gasteiger partial charge in [0.1, 0.15) is 5.75 Å². The zero-order valence-electron chi connectivity index (χ0n) is 14.7. The largest absolute Gasteiger partial charge is 0.496 e. The SMILES string of the molecule is COc1ccc(N(C)S(C)(=O)=O)cc1C(=O)Nc1cccc(C(F)(F)F)c1. The van der Waals surface area contributed by atoms with Crippen LogP contribution in [0.1, 0.15) is 15.9 Å². The van der Waals surface area contributed by atoms with Crippen LogP contribution in [0.15, 0.2) is 42.5 Å². The summed E-state index contributed by atoms with van der Waals surface area (Å²) in [7, 11) is -0.936. The minimum Gasteiger partial charge on any atom is -0.496 e. The van der Waals surface area contributed by atoms with Gasteiger partial charge in [0.2, 0.25) is 10.0 Å². The van der Waals surface area contributed by atoms with Crippen LogP contribution in [0.3, 0.4) is 0 Å². The van der Waals surface area contributed by atoms with Crippen LogP contribution in [0.4, 0.5) is 24.5 Å². The maximum atomic E-state index is 12.8. The van der Waals surface area contributed by atoms with Crippen molar-refractivity contribution in [1.29, 1.82) is 0 Å². The van der Waals surface area contributed by atoms with E-state index < -0.39 is 27.7 Å². The van der Waals surface area contributed by atoms with Gasteiger partial charge in [0.15, 0.2) is 0 Å². The predicted molar refractivity (Wildman–Crippen MR) is 95.6 cm³/mol. The van der Waals surface area contributed by atoms with Crippen LogP contribution in [-0.2, 0) is 16.2 Å². The van der Waals surface area contributed by atoms with Gasteiger partial charge in [-0.25, -0.2) is 8.42 Å². The molecule has 0 aliphatic rings. The fourth-order valence-electron chi connectivity index (χ4n) is 2.23. The maximum absolute atomic E-state index is 12.8. The smallest absolute Gasteiger partial charge is 0.416 e. The highest BCUT2D eigenvalue weighted by Gasteiger charge is 2.30. The second-order valence-electron chi connectivity index (χ2n) is 5.65. The molecule has 0 aliphatic carbocycles. The van der Waals surface area contributed by atoms with Crippen LogP contribution in [-0.4, -0.2) is 34.7 Å². The molecule has 0 saturated carbocycles. The number of nitrogens with one attached hydrogen (secondary N) is 1. The van der Waals surface area contributed by atoms with Crippen molar-refractivity contribution in [1.82, 2.24) is 0 Å². The number of sulfonamides is 1. The first kappa shape index (κ1) is 20.6. The van der Waals surface area contributed by atoms with E-state index in [9.17, 15) is 26.4 Å². The van der Waals surface area contributed by atoms with Gasteiger partial charge in [-0.05, 0) is 36.4 Å². The number of carbonyl (C=O) groups excluding carboxylic acids is 1. The normalized spacial score (nSPS) is 11.8. The topological polar surface area (TPSA) is 75.7 Å². The molecule has 0 saturated heterocycles. The van der Waals surface area contributed by atoms with Crippen LogP contribution in [0.25, 0.3) is 0 Å². The standard InChI is InChI=1S/C17H17F3N2O4S/c1-22(27(3,24)25)13-7-8-15(26-2)14(10-13)16(23)21-12-6-4-5-11(9-12)17(18,19)20/h4-10H,1-3H3,(H,21,23). The lowest BCUT2D eigenvalue weighted by atomic mass is 10.1. The molecule has 0 fully saturated rings. The number of nitrogens with zero attached hydrogens (tertiary/aromatic N) is 1. The van der Waals surface area contributed by atoms with E-state index in [1.54, 1.807) is 0 Å². The fourth-order valence-corrected chi connectivity index (χ4v) is 2.73. The molecule has 0 heterocycles. The summed E-state index contributed by atoms with van der Waals surface area (Å²) in [5.74, 6) is -0.597. The molecule has 27 heavy (non-hydrogen) atoms. The van der Waals surface area contributed by atoms with Crippen molar-refractivity contribution in [3.8, 4) is 5.75 Å². The van der Waals surface area contributed by atoms with E-state index in [-0.39, 0.29) is 22.7 Å². The summed E-state index contributed by atoms with van der Waals surface area (Å²) >= 11 is 0.